The highest BCUT2D eigenvalue weighted by atomic mass is 19.1. The Kier molecular flexibility index (Phi) is 2.69. The summed E-state index contributed by atoms with van der Waals surface area (Å²) < 4.78 is 17.7. The van der Waals surface area contributed by atoms with E-state index in [1.165, 1.54) is 19.2 Å². The van der Waals surface area contributed by atoms with Gasteiger partial charge in [-0.1, -0.05) is 0 Å². The molecule has 0 aliphatic heterocycles. The Hall–Kier alpha value is -1.78. The van der Waals surface area contributed by atoms with Gasteiger partial charge >= 0.3 is 6.09 Å². The normalized spacial score (nSPS) is 9.38. The Morgan fingerprint density at radius 1 is 1.62 bits per heavy atom. The van der Waals surface area contributed by atoms with E-state index in [4.69, 9.17) is 9.84 Å². The molecule has 0 spiro atoms. The van der Waals surface area contributed by atoms with Gasteiger partial charge in [0.25, 0.3) is 0 Å². The Balaban J connectivity index is 2.91. The molecular formula is C8H8FNO3. The largest absolute Gasteiger partial charge is 0.497 e. The maximum absolute atomic E-state index is 13.0. The third kappa shape index (κ3) is 2.33. The lowest BCUT2D eigenvalue weighted by atomic mass is 10.3. The van der Waals surface area contributed by atoms with Crippen molar-refractivity contribution in [3.63, 3.8) is 0 Å². The Labute approximate surface area is 73.9 Å². The zero-order valence-electron chi connectivity index (χ0n) is 6.87. The summed E-state index contributed by atoms with van der Waals surface area (Å²) in [6.07, 6.45) is -1.30. The van der Waals surface area contributed by atoms with Crippen molar-refractivity contribution < 1.29 is 19.0 Å². The molecule has 2 N–H and O–H groups in total. The molecule has 0 atom stereocenters. The van der Waals surface area contributed by atoms with E-state index in [0.717, 1.165) is 6.07 Å². The fourth-order valence-corrected chi connectivity index (χ4v) is 0.839. The number of nitrogens with one attached hydrogen (secondary N) is 1. The monoisotopic (exact) mass is 185 g/mol. The van der Waals surface area contributed by atoms with Crippen LogP contribution in [0.2, 0.25) is 0 Å². The van der Waals surface area contributed by atoms with Crippen LogP contribution in [0.4, 0.5) is 14.9 Å². The van der Waals surface area contributed by atoms with Crippen LogP contribution in [0.15, 0.2) is 18.2 Å². The van der Waals surface area contributed by atoms with Crippen LogP contribution in [0.5, 0.6) is 5.75 Å². The molecule has 0 aliphatic rings. The van der Waals surface area contributed by atoms with E-state index in [-0.39, 0.29) is 5.69 Å². The molecule has 0 saturated carbocycles. The molecule has 0 heterocycles. The predicted octanol–water partition coefficient (Wildman–Crippen LogP) is 1.92. The molecule has 0 aliphatic carbocycles. The van der Waals surface area contributed by atoms with Gasteiger partial charge in [0, 0.05) is 6.07 Å². The topological polar surface area (TPSA) is 58.6 Å². The summed E-state index contributed by atoms with van der Waals surface area (Å²) in [6.45, 7) is 0. The minimum Gasteiger partial charge on any atom is -0.497 e. The molecule has 1 aromatic carbocycles. The van der Waals surface area contributed by atoms with Crippen molar-refractivity contribution in [2.45, 2.75) is 0 Å². The third-order valence-corrected chi connectivity index (χ3v) is 1.42. The smallest absolute Gasteiger partial charge is 0.409 e. The lowest BCUT2D eigenvalue weighted by Gasteiger charge is -2.04. The van der Waals surface area contributed by atoms with E-state index >= 15 is 0 Å². The van der Waals surface area contributed by atoms with Crippen molar-refractivity contribution in [3.05, 3.63) is 24.0 Å². The van der Waals surface area contributed by atoms with Crippen molar-refractivity contribution in [2.75, 3.05) is 12.4 Å². The number of amides is 1. The van der Waals surface area contributed by atoms with Gasteiger partial charge in [-0.3, -0.25) is 5.32 Å². The molecule has 0 bridgehead atoms. The molecule has 0 fully saturated rings. The first kappa shape index (κ1) is 9.31. The van der Waals surface area contributed by atoms with Crippen molar-refractivity contribution in [1.82, 2.24) is 0 Å². The van der Waals surface area contributed by atoms with Gasteiger partial charge in [-0.25, -0.2) is 9.18 Å². The van der Waals surface area contributed by atoms with Crippen LogP contribution in [0.3, 0.4) is 0 Å². The standard InChI is InChI=1S/C8H8FNO3/c1-13-5-2-3-7(6(9)4-5)10-8(11)12/h2-4,10H,1H3,(H,11,12). The number of ether oxygens (including phenoxy) is 1. The molecule has 1 aromatic rings. The van der Waals surface area contributed by atoms with E-state index in [2.05, 4.69) is 0 Å². The Morgan fingerprint density at radius 3 is 2.77 bits per heavy atom. The second-order valence-corrected chi connectivity index (χ2v) is 2.28. The molecule has 5 heteroatoms. The molecular weight excluding hydrogens is 177 g/mol. The van der Waals surface area contributed by atoms with Crippen LogP contribution in [0.25, 0.3) is 0 Å². The van der Waals surface area contributed by atoms with E-state index in [0.29, 0.717) is 5.75 Å². The highest BCUT2D eigenvalue weighted by Crippen LogP contribution is 2.19. The number of halogens is 1. The number of benzene rings is 1. The van der Waals surface area contributed by atoms with Crippen LogP contribution in [-0.4, -0.2) is 18.3 Å². The maximum atomic E-state index is 13.0. The van der Waals surface area contributed by atoms with Gasteiger partial charge in [-0.15, -0.1) is 0 Å². The van der Waals surface area contributed by atoms with Crippen LogP contribution in [0.1, 0.15) is 0 Å². The van der Waals surface area contributed by atoms with Crippen molar-refractivity contribution in [3.8, 4) is 5.75 Å². The minimum atomic E-state index is -1.30. The molecule has 0 saturated heterocycles. The summed E-state index contributed by atoms with van der Waals surface area (Å²) in [7, 11) is 1.40. The first-order valence-corrected chi connectivity index (χ1v) is 3.47. The van der Waals surface area contributed by atoms with Crippen molar-refractivity contribution in [1.29, 1.82) is 0 Å². The van der Waals surface area contributed by atoms with Gasteiger partial charge in [0.1, 0.15) is 5.75 Å². The van der Waals surface area contributed by atoms with Crippen LogP contribution < -0.4 is 10.1 Å². The first-order valence-electron chi connectivity index (χ1n) is 3.47. The highest BCUT2D eigenvalue weighted by molar-refractivity contribution is 5.83. The summed E-state index contributed by atoms with van der Waals surface area (Å²) in [4.78, 5) is 10.2. The maximum Gasteiger partial charge on any atom is 0.409 e. The van der Waals surface area contributed by atoms with Gasteiger partial charge in [-0.2, -0.15) is 0 Å². The Bertz CT molecular complexity index is 327. The van der Waals surface area contributed by atoms with E-state index in [1.807, 2.05) is 5.32 Å². The summed E-state index contributed by atoms with van der Waals surface area (Å²) in [5.74, 6) is -0.324. The molecule has 70 valence electrons. The van der Waals surface area contributed by atoms with E-state index in [1.54, 1.807) is 0 Å². The number of carbonyl (C=O) groups is 1. The predicted molar refractivity (Wildman–Crippen MR) is 44.6 cm³/mol. The van der Waals surface area contributed by atoms with Crippen molar-refractivity contribution >= 4 is 11.8 Å². The zero-order valence-corrected chi connectivity index (χ0v) is 6.87. The number of carboxylic acid groups (broad SMARTS) is 1. The number of hydrogen-bond donors (Lipinski definition) is 2. The van der Waals surface area contributed by atoms with E-state index in [9.17, 15) is 9.18 Å². The van der Waals surface area contributed by atoms with E-state index < -0.39 is 11.9 Å². The molecule has 13 heavy (non-hydrogen) atoms. The molecule has 0 unspecified atom stereocenters. The number of methoxy groups -OCH3 is 1. The quantitative estimate of drug-likeness (QED) is 0.740. The second-order valence-electron chi connectivity index (χ2n) is 2.28. The van der Waals surface area contributed by atoms with Crippen LogP contribution in [-0.2, 0) is 0 Å². The highest BCUT2D eigenvalue weighted by Gasteiger charge is 2.05. The molecule has 1 amide bonds. The molecule has 0 aromatic heterocycles. The average molecular weight is 185 g/mol. The summed E-state index contributed by atoms with van der Waals surface area (Å²) >= 11 is 0. The van der Waals surface area contributed by atoms with Crippen molar-refractivity contribution in [2.24, 2.45) is 0 Å². The fraction of sp³-hybridized carbons (Fsp3) is 0.125. The summed E-state index contributed by atoms with van der Waals surface area (Å²) in [5, 5.41) is 10.2. The van der Waals surface area contributed by atoms with Gasteiger partial charge < -0.3 is 9.84 Å². The average Bonchev–Trinajstić information content (AvgIpc) is 2.08. The first-order chi connectivity index (χ1) is 6.13. The van der Waals surface area contributed by atoms with Crippen LogP contribution >= 0.6 is 0 Å². The fourth-order valence-electron chi connectivity index (χ4n) is 0.839. The number of hydrogen-bond acceptors (Lipinski definition) is 2. The lowest BCUT2D eigenvalue weighted by Crippen LogP contribution is -2.08. The Morgan fingerprint density at radius 2 is 2.31 bits per heavy atom. The zero-order chi connectivity index (χ0) is 9.84. The van der Waals surface area contributed by atoms with Gasteiger partial charge in [0.2, 0.25) is 0 Å². The third-order valence-electron chi connectivity index (χ3n) is 1.42. The second kappa shape index (κ2) is 3.75. The molecule has 0 radical (unpaired) electrons. The lowest BCUT2D eigenvalue weighted by molar-refractivity contribution is 0.209. The van der Waals surface area contributed by atoms with Gasteiger partial charge in [-0.05, 0) is 12.1 Å². The number of rotatable bonds is 2. The summed E-state index contributed by atoms with van der Waals surface area (Å²) in [6, 6.07) is 3.86. The van der Waals surface area contributed by atoms with Gasteiger partial charge in [0.05, 0.1) is 12.8 Å². The van der Waals surface area contributed by atoms with Crippen LogP contribution in [0, 0.1) is 5.82 Å². The minimum absolute atomic E-state index is 0.0895. The summed E-state index contributed by atoms with van der Waals surface area (Å²) in [5.41, 5.74) is -0.0895. The molecule has 4 nitrogen and oxygen atoms in total. The number of anilines is 1. The SMILES string of the molecule is COc1ccc(NC(=O)O)c(F)c1. The van der Waals surface area contributed by atoms with Gasteiger partial charge in [0.15, 0.2) is 5.82 Å². The molecule has 1 rings (SSSR count).